The Morgan fingerprint density at radius 3 is 2.47 bits per heavy atom. The van der Waals surface area contributed by atoms with Gasteiger partial charge in [-0.3, -0.25) is 9.59 Å². The van der Waals surface area contributed by atoms with Crippen molar-refractivity contribution in [1.82, 2.24) is 25.6 Å². The maximum atomic E-state index is 12.4. The number of amides is 2. The van der Waals surface area contributed by atoms with E-state index in [1.165, 1.54) is 19.5 Å². The highest BCUT2D eigenvalue weighted by Gasteiger charge is 2.14. The van der Waals surface area contributed by atoms with Gasteiger partial charge in [-0.25, -0.2) is 15.4 Å². The predicted octanol–water partition coefficient (Wildman–Crippen LogP) is 1.62. The molecule has 10 nitrogen and oxygen atoms in total. The molecule has 1 heterocycles. The Labute approximate surface area is 175 Å². The second kappa shape index (κ2) is 13.0. The zero-order chi connectivity index (χ0) is 22.4. The number of benzene rings is 1. The molecule has 0 aliphatic rings. The maximum Gasteiger partial charge on any atom is 0.289 e. The average Bonchev–Trinajstić information content (AvgIpc) is 2.72. The summed E-state index contributed by atoms with van der Waals surface area (Å²) in [6.07, 6.45) is 4.32. The lowest BCUT2D eigenvalue weighted by Crippen LogP contribution is -2.33. The molecule has 0 unspecified atom stereocenters. The first-order chi connectivity index (χ1) is 14.4. The number of nitriles is 1. The van der Waals surface area contributed by atoms with E-state index in [2.05, 4.69) is 31.1 Å². The highest BCUT2D eigenvalue weighted by atomic mass is 16.2. The summed E-state index contributed by atoms with van der Waals surface area (Å²) in [5, 5.41) is 16.5. The fourth-order valence-electron chi connectivity index (χ4n) is 1.86. The Bertz CT molecular complexity index is 933. The highest BCUT2D eigenvalue weighted by molar-refractivity contribution is 6.02. The molecule has 156 valence electrons. The van der Waals surface area contributed by atoms with Gasteiger partial charge < -0.3 is 15.5 Å². The van der Waals surface area contributed by atoms with E-state index in [0.717, 1.165) is 5.69 Å². The number of hydrazone groups is 1. The predicted molar refractivity (Wildman–Crippen MR) is 114 cm³/mol. The largest absolute Gasteiger partial charge is 0.367 e. The Morgan fingerprint density at radius 2 is 1.87 bits per heavy atom. The monoisotopic (exact) mass is 408 g/mol. The SMILES string of the molecule is CC#N.Cc1ccnc(N/C=C(/NC(=O)c2ccccc2)C(=O)N/N=C/N(C)C)n1. The van der Waals surface area contributed by atoms with E-state index in [4.69, 9.17) is 5.26 Å². The van der Waals surface area contributed by atoms with Crippen LogP contribution in [0, 0.1) is 18.3 Å². The van der Waals surface area contributed by atoms with Crippen molar-refractivity contribution in [1.29, 1.82) is 5.26 Å². The number of hydrogen-bond donors (Lipinski definition) is 3. The molecule has 0 aliphatic heterocycles. The number of nitrogens with one attached hydrogen (secondary N) is 3. The van der Waals surface area contributed by atoms with Gasteiger partial charge in [0.2, 0.25) is 5.95 Å². The lowest BCUT2D eigenvalue weighted by molar-refractivity contribution is -0.117. The number of rotatable bonds is 7. The van der Waals surface area contributed by atoms with Crippen molar-refractivity contribution in [3.63, 3.8) is 0 Å². The summed E-state index contributed by atoms with van der Waals surface area (Å²) in [6, 6.07) is 12.1. The number of aryl methyl sites for hydroxylation is 1. The first-order valence-corrected chi connectivity index (χ1v) is 8.81. The van der Waals surface area contributed by atoms with Crippen LogP contribution in [0.5, 0.6) is 0 Å². The van der Waals surface area contributed by atoms with Crippen LogP contribution in [-0.2, 0) is 4.79 Å². The molecular formula is C20H24N8O2. The molecule has 2 aromatic rings. The maximum absolute atomic E-state index is 12.4. The minimum atomic E-state index is -0.600. The van der Waals surface area contributed by atoms with Gasteiger partial charge in [-0.1, -0.05) is 18.2 Å². The highest BCUT2D eigenvalue weighted by Crippen LogP contribution is 2.03. The van der Waals surface area contributed by atoms with Gasteiger partial charge in [0.25, 0.3) is 11.8 Å². The second-order valence-corrected chi connectivity index (χ2v) is 5.92. The summed E-state index contributed by atoms with van der Waals surface area (Å²) in [5.74, 6) is -0.732. The summed E-state index contributed by atoms with van der Waals surface area (Å²) in [4.78, 5) is 34.6. The van der Waals surface area contributed by atoms with Crippen LogP contribution in [0.15, 0.2) is 59.6 Å². The molecule has 0 atom stereocenters. The normalized spacial score (nSPS) is 10.3. The van der Waals surface area contributed by atoms with Gasteiger partial charge in [0.05, 0.1) is 6.07 Å². The van der Waals surface area contributed by atoms with Crippen molar-refractivity contribution in [3.05, 3.63) is 65.7 Å². The molecule has 10 heteroatoms. The van der Waals surface area contributed by atoms with Gasteiger partial charge in [0, 0.05) is 44.7 Å². The number of carbonyl (C=O) groups is 2. The molecule has 0 radical (unpaired) electrons. The number of aromatic nitrogens is 2. The Morgan fingerprint density at radius 1 is 1.20 bits per heavy atom. The number of carbonyl (C=O) groups excluding carboxylic acids is 2. The van der Waals surface area contributed by atoms with Crippen LogP contribution in [0.1, 0.15) is 23.0 Å². The Hall–Kier alpha value is -4.26. The summed E-state index contributed by atoms with van der Waals surface area (Å²) in [6.45, 7) is 3.25. The van der Waals surface area contributed by atoms with Crippen molar-refractivity contribution in [2.45, 2.75) is 13.8 Å². The molecular weight excluding hydrogens is 384 g/mol. The molecule has 0 fully saturated rings. The first kappa shape index (κ1) is 23.8. The van der Waals surface area contributed by atoms with E-state index in [0.29, 0.717) is 11.5 Å². The van der Waals surface area contributed by atoms with E-state index in [-0.39, 0.29) is 5.70 Å². The molecule has 0 spiro atoms. The Kier molecular flexibility index (Phi) is 10.3. The minimum absolute atomic E-state index is 0.0372. The van der Waals surface area contributed by atoms with Gasteiger partial charge in [-0.2, -0.15) is 10.4 Å². The van der Waals surface area contributed by atoms with Gasteiger partial charge in [0.15, 0.2) is 0 Å². The fourth-order valence-corrected chi connectivity index (χ4v) is 1.86. The third-order valence-electron chi connectivity index (χ3n) is 3.12. The van der Waals surface area contributed by atoms with Crippen molar-refractivity contribution in [2.75, 3.05) is 19.4 Å². The van der Waals surface area contributed by atoms with Gasteiger partial charge in [-0.05, 0) is 25.1 Å². The fraction of sp³-hybridized carbons (Fsp3) is 0.200. The number of anilines is 1. The molecule has 3 N–H and O–H groups in total. The van der Waals surface area contributed by atoms with E-state index in [9.17, 15) is 9.59 Å². The van der Waals surface area contributed by atoms with Crippen LogP contribution in [0.4, 0.5) is 5.95 Å². The number of nitrogens with zero attached hydrogens (tertiary/aromatic N) is 5. The quantitative estimate of drug-likeness (QED) is 0.274. The van der Waals surface area contributed by atoms with Gasteiger partial charge in [-0.15, -0.1) is 0 Å². The molecule has 0 aliphatic carbocycles. The smallest absolute Gasteiger partial charge is 0.289 e. The third-order valence-corrected chi connectivity index (χ3v) is 3.12. The van der Waals surface area contributed by atoms with Crippen molar-refractivity contribution < 1.29 is 9.59 Å². The topological polar surface area (TPSA) is 135 Å². The molecule has 0 saturated carbocycles. The zero-order valence-corrected chi connectivity index (χ0v) is 17.2. The van der Waals surface area contributed by atoms with Crippen LogP contribution in [0.25, 0.3) is 0 Å². The summed E-state index contributed by atoms with van der Waals surface area (Å²) >= 11 is 0. The lowest BCUT2D eigenvalue weighted by atomic mass is 10.2. The third kappa shape index (κ3) is 9.09. The standard InChI is InChI=1S/C18H21N7O2.C2H3N/c1-13-9-10-19-18(22-13)20-11-15(17(27)24-21-12-25(2)3)23-16(26)14-7-5-4-6-8-14;1-2-3/h4-12H,1-3H3,(H,23,26)(H,24,27)(H,19,20,22);1H3/b15-11+,21-12+;. The van der Waals surface area contributed by atoms with Crippen LogP contribution >= 0.6 is 0 Å². The zero-order valence-electron chi connectivity index (χ0n) is 17.2. The molecule has 1 aromatic carbocycles. The van der Waals surface area contributed by atoms with Crippen molar-refractivity contribution in [2.24, 2.45) is 5.10 Å². The first-order valence-electron chi connectivity index (χ1n) is 8.81. The summed E-state index contributed by atoms with van der Waals surface area (Å²) in [5.41, 5.74) is 3.48. The van der Waals surface area contributed by atoms with E-state index < -0.39 is 11.8 Å². The Balaban J connectivity index is 0.00000141. The average molecular weight is 408 g/mol. The van der Waals surface area contributed by atoms with Gasteiger partial charge in [0.1, 0.15) is 12.0 Å². The summed E-state index contributed by atoms with van der Waals surface area (Å²) < 4.78 is 0. The molecule has 30 heavy (non-hydrogen) atoms. The van der Waals surface area contributed by atoms with Gasteiger partial charge >= 0.3 is 0 Å². The van der Waals surface area contributed by atoms with Crippen LogP contribution in [0.3, 0.4) is 0 Å². The van der Waals surface area contributed by atoms with Crippen LogP contribution in [0.2, 0.25) is 0 Å². The molecule has 1 aromatic heterocycles. The van der Waals surface area contributed by atoms with Crippen molar-refractivity contribution in [3.8, 4) is 6.07 Å². The van der Waals surface area contributed by atoms with Crippen molar-refractivity contribution >= 4 is 24.1 Å². The number of hydrogen-bond acceptors (Lipinski definition) is 7. The minimum Gasteiger partial charge on any atom is -0.367 e. The summed E-state index contributed by atoms with van der Waals surface area (Å²) in [7, 11) is 3.53. The van der Waals surface area contributed by atoms with Crippen LogP contribution in [-0.4, -0.2) is 47.1 Å². The van der Waals surface area contributed by atoms with E-state index in [1.807, 2.05) is 6.92 Å². The molecule has 2 rings (SSSR count). The van der Waals surface area contributed by atoms with E-state index in [1.54, 1.807) is 67.7 Å². The molecule has 0 saturated heterocycles. The lowest BCUT2D eigenvalue weighted by Gasteiger charge is -2.10. The second-order valence-electron chi connectivity index (χ2n) is 5.92. The molecule has 2 amide bonds. The van der Waals surface area contributed by atoms with Crippen LogP contribution < -0.4 is 16.1 Å². The van der Waals surface area contributed by atoms with E-state index >= 15 is 0 Å². The molecule has 0 bridgehead atoms.